The third-order valence-corrected chi connectivity index (χ3v) is 5.01. The fraction of sp³-hybridized carbons (Fsp3) is 0.652. The third kappa shape index (κ3) is 10.8. The summed E-state index contributed by atoms with van der Waals surface area (Å²) < 4.78 is 11.2. The zero-order chi connectivity index (χ0) is 22.6. The molecule has 0 radical (unpaired) electrons. The molecule has 1 aliphatic rings. The predicted molar refractivity (Wildman–Crippen MR) is 140 cm³/mol. The van der Waals surface area contributed by atoms with Gasteiger partial charge in [-0.1, -0.05) is 26.0 Å². The minimum Gasteiger partial charge on any atom is -0.493 e. The Labute approximate surface area is 210 Å². The third-order valence-electron chi connectivity index (χ3n) is 5.01. The maximum absolute atomic E-state index is 12.0. The molecule has 0 bridgehead atoms. The average molecular weight is 562 g/mol. The highest BCUT2D eigenvalue weighted by Crippen LogP contribution is 2.18. The molecule has 1 saturated heterocycles. The maximum atomic E-state index is 12.0. The number of halogens is 1. The van der Waals surface area contributed by atoms with Crippen molar-refractivity contribution in [2.75, 3.05) is 66.6 Å². The summed E-state index contributed by atoms with van der Waals surface area (Å²) >= 11 is 0. The molecule has 0 saturated carbocycles. The normalized spacial score (nSPS) is 15.6. The number of aliphatic imine (C=N–C) groups is 1. The first kappa shape index (κ1) is 28.4. The lowest BCUT2D eigenvalue weighted by molar-refractivity contribution is -0.127. The van der Waals surface area contributed by atoms with Gasteiger partial charge < -0.3 is 25.0 Å². The first-order chi connectivity index (χ1) is 14.8. The van der Waals surface area contributed by atoms with Gasteiger partial charge in [0.1, 0.15) is 12.3 Å². The number of ether oxygens (including phenoxy) is 2. The molecule has 0 aromatic heterocycles. The molecule has 1 heterocycles. The molecule has 1 unspecified atom stereocenters. The molecule has 32 heavy (non-hydrogen) atoms. The Balaban J connectivity index is 0.00000512. The number of rotatable bonds is 10. The highest BCUT2D eigenvalue weighted by atomic mass is 127. The lowest BCUT2D eigenvalue weighted by Crippen LogP contribution is -2.45. The number of guanidine groups is 1. The molecule has 0 aliphatic carbocycles. The van der Waals surface area contributed by atoms with Gasteiger partial charge in [-0.05, 0) is 30.5 Å². The van der Waals surface area contributed by atoms with Crippen LogP contribution in [0.25, 0.3) is 0 Å². The molecule has 1 aromatic rings. The van der Waals surface area contributed by atoms with Crippen molar-refractivity contribution in [2.45, 2.75) is 26.8 Å². The van der Waals surface area contributed by atoms with E-state index in [0.29, 0.717) is 18.5 Å². The number of hydrogen-bond donors (Lipinski definition) is 2. The van der Waals surface area contributed by atoms with Gasteiger partial charge in [0.25, 0.3) is 0 Å². The lowest BCUT2D eigenvalue weighted by atomic mass is 10.1. The van der Waals surface area contributed by atoms with E-state index in [1.807, 2.05) is 12.1 Å². The van der Waals surface area contributed by atoms with E-state index in [1.165, 1.54) is 0 Å². The first-order valence-electron chi connectivity index (χ1n) is 11.1. The van der Waals surface area contributed by atoms with E-state index >= 15 is 0 Å². The van der Waals surface area contributed by atoms with Crippen molar-refractivity contribution in [3.05, 3.63) is 29.8 Å². The summed E-state index contributed by atoms with van der Waals surface area (Å²) in [6.07, 6.45) is 0. The molecule has 1 fully saturated rings. The van der Waals surface area contributed by atoms with Gasteiger partial charge >= 0.3 is 0 Å². The number of hydrogen-bond acceptors (Lipinski definition) is 5. The van der Waals surface area contributed by atoms with Crippen LogP contribution in [-0.4, -0.2) is 88.3 Å². The van der Waals surface area contributed by atoms with Gasteiger partial charge in [-0.15, -0.1) is 24.0 Å². The van der Waals surface area contributed by atoms with Crippen LogP contribution >= 0.6 is 24.0 Å². The smallest absolute Gasteiger partial charge is 0.243 e. The SMILES string of the molecule is CC(C)COc1ccc(C(C)NC(=NCC(=O)N(C)C)NCCN2CCOCC2)cc1.I. The van der Waals surface area contributed by atoms with Crippen LogP contribution in [0.15, 0.2) is 29.3 Å². The van der Waals surface area contributed by atoms with Crippen molar-refractivity contribution in [2.24, 2.45) is 10.9 Å². The minimum absolute atomic E-state index is 0. The van der Waals surface area contributed by atoms with Gasteiger partial charge in [-0.2, -0.15) is 0 Å². The van der Waals surface area contributed by atoms with E-state index in [-0.39, 0.29) is 42.5 Å². The standard InChI is InChI=1S/C23H39N5O3.HI/c1-18(2)17-31-21-8-6-20(7-9-21)19(3)26-23(25-16-22(29)27(4)5)24-10-11-28-12-14-30-15-13-28;/h6-9,18-19H,10-17H2,1-5H3,(H2,24,25,26);1H. The fourth-order valence-electron chi connectivity index (χ4n) is 3.00. The molecule has 1 amide bonds. The molecule has 2 N–H and O–H groups in total. The summed E-state index contributed by atoms with van der Waals surface area (Å²) in [6.45, 7) is 12.3. The van der Waals surface area contributed by atoms with Gasteiger partial charge in [0.15, 0.2) is 5.96 Å². The predicted octanol–water partition coefficient (Wildman–Crippen LogP) is 2.36. The summed E-state index contributed by atoms with van der Waals surface area (Å²) in [4.78, 5) is 20.4. The Morgan fingerprint density at radius 2 is 1.84 bits per heavy atom. The molecule has 8 nitrogen and oxygen atoms in total. The fourth-order valence-corrected chi connectivity index (χ4v) is 3.00. The Bertz CT molecular complexity index is 691. The summed E-state index contributed by atoms with van der Waals surface area (Å²) in [5.74, 6) is 1.97. The molecular formula is C23H40IN5O3. The number of carbonyl (C=O) groups is 1. The zero-order valence-electron chi connectivity index (χ0n) is 20.1. The maximum Gasteiger partial charge on any atom is 0.243 e. The van der Waals surface area contributed by atoms with E-state index in [4.69, 9.17) is 9.47 Å². The van der Waals surface area contributed by atoms with Crippen LogP contribution < -0.4 is 15.4 Å². The van der Waals surface area contributed by atoms with Gasteiger partial charge in [0, 0.05) is 40.3 Å². The number of amides is 1. The van der Waals surface area contributed by atoms with Crippen molar-refractivity contribution >= 4 is 35.8 Å². The number of likely N-dealkylation sites (N-methyl/N-ethyl adjacent to an activating group) is 1. The van der Waals surface area contributed by atoms with Gasteiger partial charge in [-0.25, -0.2) is 4.99 Å². The van der Waals surface area contributed by atoms with Crippen molar-refractivity contribution < 1.29 is 14.3 Å². The quantitative estimate of drug-likeness (QED) is 0.260. The number of nitrogens with zero attached hydrogens (tertiary/aromatic N) is 3. The summed E-state index contributed by atoms with van der Waals surface area (Å²) in [7, 11) is 3.48. The van der Waals surface area contributed by atoms with Gasteiger partial charge in [-0.3, -0.25) is 9.69 Å². The highest BCUT2D eigenvalue weighted by molar-refractivity contribution is 14.0. The molecular weight excluding hydrogens is 521 g/mol. The Kier molecular flexibility index (Phi) is 13.6. The Morgan fingerprint density at radius 1 is 1.19 bits per heavy atom. The van der Waals surface area contributed by atoms with Crippen LogP contribution in [0.3, 0.4) is 0 Å². The van der Waals surface area contributed by atoms with Crippen molar-refractivity contribution in [1.29, 1.82) is 0 Å². The lowest BCUT2D eigenvalue weighted by Gasteiger charge is -2.27. The number of morpholine rings is 1. The first-order valence-corrected chi connectivity index (χ1v) is 11.1. The van der Waals surface area contributed by atoms with E-state index < -0.39 is 0 Å². The zero-order valence-corrected chi connectivity index (χ0v) is 22.4. The molecule has 1 aromatic carbocycles. The number of carbonyl (C=O) groups excluding carboxylic acids is 1. The van der Waals surface area contributed by atoms with Crippen LogP contribution in [0.2, 0.25) is 0 Å². The van der Waals surface area contributed by atoms with Crippen molar-refractivity contribution in [3.63, 3.8) is 0 Å². The average Bonchev–Trinajstić information content (AvgIpc) is 2.76. The molecule has 1 aliphatic heterocycles. The van der Waals surface area contributed by atoms with E-state index in [9.17, 15) is 4.79 Å². The molecule has 182 valence electrons. The van der Waals surface area contributed by atoms with E-state index in [1.54, 1.807) is 19.0 Å². The Hall–Kier alpha value is -1.59. The molecule has 2 rings (SSSR count). The summed E-state index contributed by atoms with van der Waals surface area (Å²) in [5, 5.41) is 6.79. The second-order valence-electron chi connectivity index (χ2n) is 8.47. The minimum atomic E-state index is -0.0337. The summed E-state index contributed by atoms with van der Waals surface area (Å²) in [5.41, 5.74) is 1.12. The molecule has 1 atom stereocenters. The van der Waals surface area contributed by atoms with Crippen LogP contribution in [0.5, 0.6) is 5.75 Å². The van der Waals surface area contributed by atoms with Gasteiger partial charge in [0.2, 0.25) is 5.91 Å². The second kappa shape index (κ2) is 15.3. The number of nitrogens with one attached hydrogen (secondary N) is 2. The largest absolute Gasteiger partial charge is 0.493 e. The molecule has 0 spiro atoms. The van der Waals surface area contributed by atoms with Crippen LogP contribution in [0, 0.1) is 5.92 Å². The van der Waals surface area contributed by atoms with Crippen LogP contribution in [-0.2, 0) is 9.53 Å². The van der Waals surface area contributed by atoms with Crippen LogP contribution in [0.1, 0.15) is 32.4 Å². The van der Waals surface area contributed by atoms with Crippen molar-refractivity contribution in [3.8, 4) is 5.75 Å². The van der Waals surface area contributed by atoms with Crippen molar-refractivity contribution in [1.82, 2.24) is 20.4 Å². The molecule has 9 heteroatoms. The number of benzene rings is 1. The monoisotopic (exact) mass is 561 g/mol. The van der Waals surface area contributed by atoms with E-state index in [2.05, 4.69) is 53.4 Å². The highest BCUT2D eigenvalue weighted by Gasteiger charge is 2.12. The van der Waals surface area contributed by atoms with E-state index in [0.717, 1.165) is 50.7 Å². The Morgan fingerprint density at radius 3 is 2.44 bits per heavy atom. The topological polar surface area (TPSA) is 78.4 Å². The van der Waals surface area contributed by atoms with Gasteiger partial charge in [0.05, 0.1) is 25.9 Å². The second-order valence-corrected chi connectivity index (χ2v) is 8.47. The summed E-state index contributed by atoms with van der Waals surface area (Å²) in [6, 6.07) is 8.14. The van der Waals surface area contributed by atoms with Crippen LogP contribution in [0.4, 0.5) is 0 Å².